The van der Waals surface area contributed by atoms with Gasteiger partial charge in [-0.1, -0.05) is 6.92 Å². The molecular weight excluding hydrogens is 190 g/mol. The topological polar surface area (TPSA) is 70.9 Å². The van der Waals surface area contributed by atoms with Crippen LogP contribution in [0, 0.1) is 11.3 Å². The zero-order valence-electron chi connectivity index (χ0n) is 9.57. The van der Waals surface area contributed by atoms with Crippen molar-refractivity contribution >= 4 is 11.8 Å². The monoisotopic (exact) mass is 209 g/mol. The molecule has 0 spiro atoms. The highest BCUT2D eigenvalue weighted by atomic mass is 15.3. The Bertz CT molecular complexity index is 330. The average molecular weight is 209 g/mol. The number of aryl methyl sites for hydroxylation is 1. The van der Waals surface area contributed by atoms with Gasteiger partial charge >= 0.3 is 0 Å². The number of nitrogens with one attached hydrogen (secondary N) is 1. The van der Waals surface area contributed by atoms with Crippen molar-refractivity contribution in [3.63, 3.8) is 0 Å². The lowest BCUT2D eigenvalue weighted by Crippen LogP contribution is -2.33. The Hall–Kier alpha value is -1.52. The van der Waals surface area contributed by atoms with Gasteiger partial charge in [0.05, 0.1) is 5.84 Å². The van der Waals surface area contributed by atoms with E-state index in [1.165, 1.54) is 0 Å². The molecule has 0 saturated heterocycles. The number of hydrogen-bond donors (Lipinski definition) is 2. The largest absolute Gasteiger partial charge is 0.387 e. The van der Waals surface area contributed by atoms with Gasteiger partial charge in [-0.2, -0.15) is 0 Å². The van der Waals surface area contributed by atoms with Crippen molar-refractivity contribution in [1.82, 2.24) is 9.55 Å². The highest BCUT2D eigenvalue weighted by Crippen LogP contribution is 2.11. The van der Waals surface area contributed by atoms with E-state index in [9.17, 15) is 0 Å². The predicted molar refractivity (Wildman–Crippen MR) is 62.2 cm³/mol. The molecule has 1 heterocycles. The molecule has 1 unspecified atom stereocenters. The minimum absolute atomic E-state index is 0.0528. The number of anilines is 1. The Labute approximate surface area is 90.4 Å². The first-order valence-corrected chi connectivity index (χ1v) is 5.12. The van der Waals surface area contributed by atoms with E-state index in [4.69, 9.17) is 11.1 Å². The molecule has 0 saturated carbocycles. The van der Waals surface area contributed by atoms with Crippen LogP contribution in [-0.4, -0.2) is 29.0 Å². The number of amidine groups is 1. The van der Waals surface area contributed by atoms with Crippen LogP contribution < -0.4 is 10.6 Å². The molecule has 1 atom stereocenters. The van der Waals surface area contributed by atoms with Crippen molar-refractivity contribution in [1.29, 1.82) is 5.41 Å². The second kappa shape index (κ2) is 4.82. The Balaban J connectivity index is 2.68. The second-order valence-corrected chi connectivity index (χ2v) is 3.75. The van der Waals surface area contributed by atoms with E-state index in [-0.39, 0.29) is 11.8 Å². The molecule has 0 bridgehead atoms. The number of nitrogens with zero attached hydrogens (tertiary/aromatic N) is 3. The molecule has 15 heavy (non-hydrogen) atoms. The highest BCUT2D eigenvalue weighted by molar-refractivity contribution is 5.79. The van der Waals surface area contributed by atoms with Crippen LogP contribution in [0.5, 0.6) is 0 Å². The van der Waals surface area contributed by atoms with Gasteiger partial charge in [-0.05, 0) is 6.92 Å². The molecule has 5 nitrogen and oxygen atoms in total. The first kappa shape index (κ1) is 11.6. The van der Waals surface area contributed by atoms with Gasteiger partial charge in [-0.3, -0.25) is 5.41 Å². The minimum Gasteiger partial charge on any atom is -0.387 e. The maximum Gasteiger partial charge on any atom is 0.205 e. The summed E-state index contributed by atoms with van der Waals surface area (Å²) in [6, 6.07) is 0. The molecule has 0 amide bonds. The summed E-state index contributed by atoms with van der Waals surface area (Å²) in [5, 5.41) is 7.34. The Morgan fingerprint density at radius 3 is 2.93 bits per heavy atom. The molecule has 0 aliphatic rings. The lowest BCUT2D eigenvalue weighted by Gasteiger charge is -2.22. The van der Waals surface area contributed by atoms with Crippen LogP contribution in [0.3, 0.4) is 0 Å². The van der Waals surface area contributed by atoms with Gasteiger partial charge < -0.3 is 15.2 Å². The third kappa shape index (κ3) is 2.71. The van der Waals surface area contributed by atoms with Gasteiger partial charge in [0.1, 0.15) is 0 Å². The lowest BCUT2D eigenvalue weighted by atomic mass is 10.1. The molecule has 0 aliphatic carbocycles. The molecule has 0 fully saturated rings. The van der Waals surface area contributed by atoms with E-state index in [1.807, 2.05) is 25.1 Å². The number of rotatable bonds is 5. The van der Waals surface area contributed by atoms with Crippen molar-refractivity contribution in [2.45, 2.75) is 20.4 Å². The molecule has 3 N–H and O–H groups in total. The lowest BCUT2D eigenvalue weighted by molar-refractivity contribution is 0.676. The molecular formula is C10H19N5. The molecule has 5 heteroatoms. The summed E-state index contributed by atoms with van der Waals surface area (Å²) in [4.78, 5) is 6.30. The van der Waals surface area contributed by atoms with Crippen LogP contribution in [0.4, 0.5) is 5.95 Å². The number of hydrogen-bond acceptors (Lipinski definition) is 3. The number of aromatic nitrogens is 2. The minimum atomic E-state index is 0.0528. The first-order chi connectivity index (χ1) is 7.06. The molecule has 0 aromatic carbocycles. The van der Waals surface area contributed by atoms with Crippen molar-refractivity contribution < 1.29 is 0 Å². The fourth-order valence-corrected chi connectivity index (χ4v) is 1.48. The molecule has 84 valence electrons. The smallest absolute Gasteiger partial charge is 0.205 e. The molecule has 1 aromatic heterocycles. The van der Waals surface area contributed by atoms with Crippen LogP contribution in [0.1, 0.15) is 13.8 Å². The fraction of sp³-hybridized carbons (Fsp3) is 0.600. The summed E-state index contributed by atoms with van der Waals surface area (Å²) in [6.07, 6.45) is 3.73. The van der Waals surface area contributed by atoms with Crippen molar-refractivity contribution in [2.24, 2.45) is 11.7 Å². The van der Waals surface area contributed by atoms with Gasteiger partial charge in [0.25, 0.3) is 0 Å². The second-order valence-electron chi connectivity index (χ2n) is 3.75. The van der Waals surface area contributed by atoms with E-state index in [0.29, 0.717) is 6.54 Å². The van der Waals surface area contributed by atoms with Gasteiger partial charge in [-0.15, -0.1) is 0 Å². The van der Waals surface area contributed by atoms with E-state index in [2.05, 4.69) is 16.5 Å². The Kier molecular flexibility index (Phi) is 3.71. The molecule has 0 aliphatic heterocycles. The maximum absolute atomic E-state index is 7.34. The van der Waals surface area contributed by atoms with Crippen LogP contribution in [0.15, 0.2) is 12.4 Å². The zero-order valence-corrected chi connectivity index (χ0v) is 9.57. The number of imidazole rings is 1. The van der Waals surface area contributed by atoms with Gasteiger partial charge in [0.15, 0.2) is 0 Å². The van der Waals surface area contributed by atoms with Crippen LogP contribution in [0.25, 0.3) is 0 Å². The van der Waals surface area contributed by atoms with Crippen molar-refractivity contribution in [2.75, 3.05) is 18.5 Å². The van der Waals surface area contributed by atoms with Crippen molar-refractivity contribution in [3.05, 3.63) is 12.4 Å². The summed E-state index contributed by atoms with van der Waals surface area (Å²) in [5.41, 5.74) is 5.44. The van der Waals surface area contributed by atoms with Gasteiger partial charge in [0, 0.05) is 38.4 Å². The van der Waals surface area contributed by atoms with E-state index in [0.717, 1.165) is 12.5 Å². The first-order valence-electron chi connectivity index (χ1n) is 5.12. The normalized spacial score (nSPS) is 12.5. The SMILES string of the molecule is CCn1ccnc1N(C)CC(C)C(=N)N. The summed E-state index contributed by atoms with van der Waals surface area (Å²) in [7, 11) is 1.97. The number of nitrogens with two attached hydrogens (primary N) is 1. The summed E-state index contributed by atoms with van der Waals surface area (Å²) >= 11 is 0. The molecule has 1 aromatic rings. The van der Waals surface area contributed by atoms with E-state index >= 15 is 0 Å². The highest BCUT2D eigenvalue weighted by Gasteiger charge is 2.12. The van der Waals surface area contributed by atoms with E-state index in [1.54, 1.807) is 6.20 Å². The zero-order chi connectivity index (χ0) is 11.4. The molecule has 0 radical (unpaired) electrons. The fourth-order valence-electron chi connectivity index (χ4n) is 1.48. The summed E-state index contributed by atoms with van der Waals surface area (Å²) < 4.78 is 2.06. The standard InChI is InChI=1S/C10H19N5/c1-4-15-6-5-13-10(15)14(3)7-8(2)9(11)12/h5-6,8H,4,7H2,1-3H3,(H3,11,12). The third-order valence-electron chi connectivity index (χ3n) is 2.45. The van der Waals surface area contributed by atoms with E-state index < -0.39 is 0 Å². The maximum atomic E-state index is 7.34. The average Bonchev–Trinajstić information content (AvgIpc) is 2.64. The quantitative estimate of drug-likeness (QED) is 0.559. The van der Waals surface area contributed by atoms with Gasteiger partial charge in [-0.25, -0.2) is 4.98 Å². The van der Waals surface area contributed by atoms with Crippen LogP contribution in [0.2, 0.25) is 0 Å². The molecule has 1 rings (SSSR count). The summed E-state index contributed by atoms with van der Waals surface area (Å²) in [6.45, 7) is 5.63. The summed E-state index contributed by atoms with van der Waals surface area (Å²) in [5.74, 6) is 1.19. The predicted octanol–water partition coefficient (Wildman–Crippen LogP) is 0.911. The Morgan fingerprint density at radius 1 is 1.73 bits per heavy atom. The Morgan fingerprint density at radius 2 is 2.40 bits per heavy atom. The van der Waals surface area contributed by atoms with Crippen LogP contribution in [-0.2, 0) is 6.54 Å². The third-order valence-corrected chi connectivity index (χ3v) is 2.45. The van der Waals surface area contributed by atoms with Crippen LogP contribution >= 0.6 is 0 Å². The van der Waals surface area contributed by atoms with Gasteiger partial charge in [0.2, 0.25) is 5.95 Å². The van der Waals surface area contributed by atoms with Crippen molar-refractivity contribution in [3.8, 4) is 0 Å².